The van der Waals surface area contributed by atoms with Gasteiger partial charge in [0.15, 0.2) is 4.32 Å². The van der Waals surface area contributed by atoms with Gasteiger partial charge in [-0.3, -0.25) is 29.9 Å². The Kier molecular flexibility index (Phi) is 7.03. The summed E-state index contributed by atoms with van der Waals surface area (Å²) in [6.45, 7) is 0. The predicted octanol–water partition coefficient (Wildman–Crippen LogP) is 7.01. The molecule has 3 aromatic rings. The minimum absolute atomic E-state index is 0.143. The van der Waals surface area contributed by atoms with Gasteiger partial charge in [0, 0.05) is 6.07 Å². The summed E-state index contributed by atoms with van der Waals surface area (Å²) >= 11 is 18.5. The number of rotatable bonds is 6. The number of non-ortho nitro benzene ring substituents is 1. The molecule has 1 aliphatic rings. The Hall–Kier alpha value is -3.51. The van der Waals surface area contributed by atoms with Gasteiger partial charge in [-0.15, -0.1) is 0 Å². The topological polar surface area (TPSA) is 116 Å². The molecular formula is C22H11Cl2N3O6S2. The molecule has 0 spiro atoms. The fourth-order valence-electron chi connectivity index (χ4n) is 3.07. The maximum absolute atomic E-state index is 12.9. The molecule has 35 heavy (non-hydrogen) atoms. The van der Waals surface area contributed by atoms with E-state index in [2.05, 4.69) is 0 Å². The molecule has 1 amide bonds. The van der Waals surface area contributed by atoms with E-state index < -0.39 is 21.2 Å². The van der Waals surface area contributed by atoms with Crippen LogP contribution < -0.4 is 9.64 Å². The van der Waals surface area contributed by atoms with Crippen LogP contribution in [0.25, 0.3) is 6.08 Å². The number of anilines is 1. The van der Waals surface area contributed by atoms with Crippen molar-refractivity contribution in [1.29, 1.82) is 0 Å². The maximum atomic E-state index is 12.9. The average Bonchev–Trinajstić information content (AvgIpc) is 3.09. The Morgan fingerprint density at radius 1 is 0.943 bits per heavy atom. The molecule has 0 aliphatic carbocycles. The number of hydrogen-bond acceptors (Lipinski definition) is 8. The highest BCUT2D eigenvalue weighted by molar-refractivity contribution is 8.27. The number of carbonyl (C=O) groups is 1. The molecule has 0 N–H and O–H groups in total. The number of thioether (sulfide) groups is 1. The number of benzene rings is 3. The Morgan fingerprint density at radius 3 is 2.29 bits per heavy atom. The van der Waals surface area contributed by atoms with Crippen LogP contribution in [0.1, 0.15) is 5.56 Å². The zero-order valence-electron chi connectivity index (χ0n) is 17.2. The maximum Gasteiger partial charge on any atom is 0.318 e. The number of amides is 1. The van der Waals surface area contributed by atoms with Crippen LogP contribution in [-0.2, 0) is 4.79 Å². The molecule has 0 radical (unpaired) electrons. The Bertz CT molecular complexity index is 1430. The largest absolute Gasteiger partial charge is 0.450 e. The van der Waals surface area contributed by atoms with Crippen molar-refractivity contribution < 1.29 is 19.4 Å². The first-order chi connectivity index (χ1) is 16.6. The van der Waals surface area contributed by atoms with E-state index in [1.54, 1.807) is 48.5 Å². The summed E-state index contributed by atoms with van der Waals surface area (Å²) in [5.41, 5.74) is 0.204. The van der Waals surface area contributed by atoms with Gasteiger partial charge in [-0.05, 0) is 48.0 Å². The second kappa shape index (κ2) is 10.0. The lowest BCUT2D eigenvalue weighted by molar-refractivity contribution is -0.394. The van der Waals surface area contributed by atoms with Crippen LogP contribution in [0.2, 0.25) is 10.0 Å². The van der Waals surface area contributed by atoms with Gasteiger partial charge in [-0.1, -0.05) is 59.3 Å². The first-order valence-electron chi connectivity index (χ1n) is 9.58. The molecule has 0 aromatic heterocycles. The lowest BCUT2D eigenvalue weighted by Gasteiger charge is -2.15. The van der Waals surface area contributed by atoms with Crippen molar-refractivity contribution in [2.75, 3.05) is 4.90 Å². The van der Waals surface area contributed by atoms with Crippen molar-refractivity contribution in [2.24, 2.45) is 0 Å². The molecule has 3 aromatic carbocycles. The van der Waals surface area contributed by atoms with E-state index in [1.807, 2.05) is 0 Å². The summed E-state index contributed by atoms with van der Waals surface area (Å²) < 4.78 is 5.89. The van der Waals surface area contributed by atoms with Gasteiger partial charge in [0.1, 0.15) is 5.75 Å². The standard InChI is InChI=1S/C22H11Cl2N3O6S2/c23-16-7-3-13(10-17(16)24)25-21(28)20(35-22(25)34)9-12-1-5-15(6-2-12)33-19-8-4-14(26(29)30)11-18(19)27(31)32/h1-11H/b20-9-. The number of halogens is 2. The molecule has 0 saturated carbocycles. The smallest absolute Gasteiger partial charge is 0.318 e. The number of ether oxygens (including phenoxy) is 1. The molecule has 9 nitrogen and oxygen atoms in total. The van der Waals surface area contributed by atoms with Crippen LogP contribution in [0, 0.1) is 20.2 Å². The quantitative estimate of drug-likeness (QED) is 0.140. The molecule has 4 rings (SSSR count). The predicted molar refractivity (Wildman–Crippen MR) is 138 cm³/mol. The zero-order valence-corrected chi connectivity index (χ0v) is 20.4. The highest BCUT2D eigenvalue weighted by atomic mass is 35.5. The third-order valence-corrected chi connectivity index (χ3v) is 6.75. The van der Waals surface area contributed by atoms with Crippen molar-refractivity contribution in [3.8, 4) is 11.5 Å². The van der Waals surface area contributed by atoms with E-state index in [4.69, 9.17) is 40.2 Å². The Balaban J connectivity index is 1.54. The summed E-state index contributed by atoms with van der Waals surface area (Å²) in [5.74, 6) is -0.196. The third kappa shape index (κ3) is 5.28. The second-order valence-corrected chi connectivity index (χ2v) is 9.44. The van der Waals surface area contributed by atoms with E-state index in [-0.39, 0.29) is 17.4 Å². The first kappa shape index (κ1) is 24.6. The monoisotopic (exact) mass is 547 g/mol. The first-order valence-corrected chi connectivity index (χ1v) is 11.6. The van der Waals surface area contributed by atoms with Crippen LogP contribution in [-0.4, -0.2) is 20.1 Å². The zero-order chi connectivity index (χ0) is 25.3. The summed E-state index contributed by atoms with van der Waals surface area (Å²) in [6.07, 6.45) is 1.65. The number of nitro groups is 2. The van der Waals surface area contributed by atoms with Gasteiger partial charge in [0.05, 0.1) is 36.6 Å². The van der Waals surface area contributed by atoms with Crippen LogP contribution in [0.5, 0.6) is 11.5 Å². The molecule has 1 aliphatic heterocycles. The summed E-state index contributed by atoms with van der Waals surface area (Å²) in [4.78, 5) is 35.4. The van der Waals surface area contributed by atoms with Crippen LogP contribution in [0.15, 0.2) is 65.6 Å². The second-order valence-electron chi connectivity index (χ2n) is 6.95. The minimum atomic E-state index is -0.757. The van der Waals surface area contributed by atoms with Gasteiger partial charge < -0.3 is 4.74 Å². The molecular weight excluding hydrogens is 537 g/mol. The average molecular weight is 548 g/mol. The lowest BCUT2D eigenvalue weighted by Crippen LogP contribution is -2.27. The molecule has 13 heteroatoms. The summed E-state index contributed by atoms with van der Waals surface area (Å²) in [7, 11) is 0. The summed E-state index contributed by atoms with van der Waals surface area (Å²) in [6, 6.07) is 14.3. The van der Waals surface area contributed by atoms with Crippen LogP contribution in [0.3, 0.4) is 0 Å². The highest BCUT2D eigenvalue weighted by Crippen LogP contribution is 2.38. The van der Waals surface area contributed by atoms with Gasteiger partial charge in [0.2, 0.25) is 5.75 Å². The number of thiocarbonyl (C=S) groups is 1. The number of nitro benzene ring substituents is 2. The molecule has 1 fully saturated rings. The normalized spacial score (nSPS) is 14.5. The number of nitrogens with zero attached hydrogens (tertiary/aromatic N) is 3. The van der Waals surface area contributed by atoms with E-state index >= 15 is 0 Å². The van der Waals surface area contributed by atoms with E-state index in [9.17, 15) is 25.0 Å². The van der Waals surface area contributed by atoms with E-state index in [0.717, 1.165) is 23.9 Å². The van der Waals surface area contributed by atoms with Gasteiger partial charge in [-0.2, -0.15) is 0 Å². The fourth-order valence-corrected chi connectivity index (χ4v) is 4.66. The number of carbonyl (C=O) groups excluding carboxylic acids is 1. The highest BCUT2D eigenvalue weighted by Gasteiger charge is 2.33. The molecule has 0 atom stereocenters. The van der Waals surface area contributed by atoms with Gasteiger partial charge in [-0.25, -0.2) is 0 Å². The Labute approximate surface area is 217 Å². The SMILES string of the molecule is O=C1/C(=C/c2ccc(Oc3ccc([N+](=O)[O-])cc3[N+](=O)[O-])cc2)SC(=S)N1c1ccc(Cl)c(Cl)c1. The van der Waals surface area contributed by atoms with Crippen molar-refractivity contribution in [3.05, 3.63) is 101 Å². The van der Waals surface area contributed by atoms with Gasteiger partial charge in [0.25, 0.3) is 11.6 Å². The summed E-state index contributed by atoms with van der Waals surface area (Å²) in [5, 5.41) is 22.8. The Morgan fingerprint density at radius 2 is 1.66 bits per heavy atom. The molecule has 1 saturated heterocycles. The van der Waals surface area contributed by atoms with Crippen LogP contribution >= 0.6 is 47.2 Å². The molecule has 1 heterocycles. The van der Waals surface area contributed by atoms with E-state index in [1.165, 1.54) is 11.0 Å². The van der Waals surface area contributed by atoms with Crippen LogP contribution in [0.4, 0.5) is 17.1 Å². The van der Waals surface area contributed by atoms with Gasteiger partial charge >= 0.3 is 5.69 Å². The number of hydrogen-bond donors (Lipinski definition) is 0. The molecule has 0 bridgehead atoms. The van der Waals surface area contributed by atoms with E-state index in [0.29, 0.717) is 30.5 Å². The molecule has 176 valence electrons. The fraction of sp³-hybridized carbons (Fsp3) is 0. The van der Waals surface area contributed by atoms with Crippen molar-refractivity contribution in [1.82, 2.24) is 0 Å². The third-order valence-electron chi connectivity index (χ3n) is 4.71. The van der Waals surface area contributed by atoms with Crippen molar-refractivity contribution in [3.63, 3.8) is 0 Å². The minimum Gasteiger partial charge on any atom is -0.450 e. The lowest BCUT2D eigenvalue weighted by atomic mass is 10.2. The van der Waals surface area contributed by atoms with Crippen molar-refractivity contribution in [2.45, 2.75) is 0 Å². The molecule has 0 unspecified atom stereocenters. The van der Waals surface area contributed by atoms with Crippen molar-refractivity contribution >= 4 is 80.5 Å².